The van der Waals surface area contributed by atoms with Crippen LogP contribution < -0.4 is 19.7 Å². The van der Waals surface area contributed by atoms with E-state index in [1.54, 1.807) is 0 Å². The van der Waals surface area contributed by atoms with E-state index in [-0.39, 0.29) is 45.9 Å². The molecule has 0 saturated heterocycles. The number of nitrogens with zero attached hydrogens (tertiary/aromatic N) is 3. The van der Waals surface area contributed by atoms with Crippen molar-refractivity contribution in [2.75, 3.05) is 22.4 Å². The predicted molar refractivity (Wildman–Crippen MR) is 239 cm³/mol. The van der Waals surface area contributed by atoms with E-state index in [4.69, 9.17) is 51.1 Å². The number of alkyl halides is 7. The van der Waals surface area contributed by atoms with E-state index in [0.29, 0.717) is 12.1 Å². The third-order valence-corrected chi connectivity index (χ3v) is 11.8. The van der Waals surface area contributed by atoms with E-state index in [9.17, 15) is 57.6 Å². The van der Waals surface area contributed by atoms with Gasteiger partial charge in [-0.2, -0.15) is 26.3 Å². The number of H-pyrrole nitrogens is 1. The topological polar surface area (TPSA) is 207 Å². The highest BCUT2D eigenvalue weighted by molar-refractivity contribution is 9.08. The standard InChI is InChI=1S/C19H12Cl2F3N3O4S.C18H10Cl2F3N3O4S.CH3Br.CH4/c1-31-18-12(3-2-6-25-18)17(28)16-15(7-10(20)9-26-16)27-32(29,30)11-4-5-14(21)13(8-11)19(22,23)24;19-9-6-14(15(25-8-9)16(27)11-2-1-5-24-17(11)28)26-31(29,30)10-3-4-13(20)12(7-10)18(21,22)23;1-2;/h2-9,27H,1H3;1-8,26H,(H,24,28);1H3;1H4. The van der Waals surface area contributed by atoms with Crippen LogP contribution in [0.25, 0.3) is 0 Å². The number of nitrogens with one attached hydrogen (secondary N) is 3. The van der Waals surface area contributed by atoms with Gasteiger partial charge in [-0.1, -0.05) is 69.8 Å². The van der Waals surface area contributed by atoms with E-state index in [0.717, 1.165) is 48.8 Å². The molecule has 0 unspecified atom stereocenters. The van der Waals surface area contributed by atoms with Gasteiger partial charge in [0.15, 0.2) is 0 Å². The van der Waals surface area contributed by atoms with Crippen LogP contribution >= 0.6 is 62.3 Å². The maximum atomic E-state index is 13.1. The molecule has 0 saturated carbocycles. The summed E-state index contributed by atoms with van der Waals surface area (Å²) in [4.78, 5) is 50.0. The molecule has 0 radical (unpaired) electrons. The summed E-state index contributed by atoms with van der Waals surface area (Å²) in [5.74, 6) is 0.0998. The molecule has 0 bridgehead atoms. The van der Waals surface area contributed by atoms with Gasteiger partial charge in [-0.25, -0.2) is 31.8 Å². The highest BCUT2D eigenvalue weighted by Gasteiger charge is 2.36. The zero-order valence-electron chi connectivity index (χ0n) is 32.3. The molecule has 66 heavy (non-hydrogen) atoms. The Morgan fingerprint density at radius 1 is 0.667 bits per heavy atom. The Labute approximate surface area is 399 Å². The lowest BCUT2D eigenvalue weighted by Crippen LogP contribution is -2.21. The number of hydrogen-bond acceptors (Lipinski definition) is 11. The molecule has 0 amide bonds. The SMILES string of the molecule is C.CBr.COc1ncccc1C(=O)c1ncc(Cl)cc1NS(=O)(=O)c1ccc(Cl)c(C(F)(F)F)c1.O=C(c1ncc(Cl)cc1NS(=O)(=O)c1ccc(Cl)c(C(F)(F)F)c1)c1ccc[nH]c1=O. The van der Waals surface area contributed by atoms with Gasteiger partial charge in [0.25, 0.3) is 25.6 Å². The van der Waals surface area contributed by atoms with Crippen LogP contribution in [-0.2, 0) is 32.4 Å². The van der Waals surface area contributed by atoms with Crippen molar-refractivity contribution < 1.29 is 57.5 Å². The summed E-state index contributed by atoms with van der Waals surface area (Å²) >= 11 is 25.7. The minimum Gasteiger partial charge on any atom is -0.480 e. The Morgan fingerprint density at radius 2 is 1.09 bits per heavy atom. The number of rotatable bonds is 11. The lowest BCUT2D eigenvalue weighted by Gasteiger charge is -2.14. The zero-order valence-corrected chi connectivity index (χ0v) is 38.6. The average Bonchev–Trinajstić information content (AvgIpc) is 3.23. The Hall–Kier alpha value is -5.30. The van der Waals surface area contributed by atoms with Crippen molar-refractivity contribution in [1.29, 1.82) is 0 Å². The number of benzene rings is 2. The molecule has 0 aliphatic carbocycles. The highest BCUT2D eigenvalue weighted by Crippen LogP contribution is 2.38. The molecule has 0 aliphatic rings. The summed E-state index contributed by atoms with van der Waals surface area (Å²) in [6.07, 6.45) is -4.94. The molecule has 0 spiro atoms. The maximum Gasteiger partial charge on any atom is 0.417 e. The number of anilines is 2. The second kappa shape index (κ2) is 22.5. The molecule has 0 fully saturated rings. The summed E-state index contributed by atoms with van der Waals surface area (Å²) in [7, 11) is -7.92. The molecular formula is C39H29BrCl4F6N6O8S2. The van der Waals surface area contributed by atoms with Crippen LogP contribution in [0.3, 0.4) is 0 Å². The van der Waals surface area contributed by atoms with Gasteiger partial charge in [0, 0.05) is 24.8 Å². The van der Waals surface area contributed by atoms with Gasteiger partial charge < -0.3 is 9.72 Å². The number of carbonyl (C=O) groups excluding carboxylic acids is 2. The Balaban J connectivity index is 0.000000333. The lowest BCUT2D eigenvalue weighted by atomic mass is 10.1. The first-order chi connectivity index (χ1) is 30.3. The predicted octanol–water partition coefficient (Wildman–Crippen LogP) is 10.6. The van der Waals surface area contributed by atoms with Gasteiger partial charge in [0.2, 0.25) is 17.4 Å². The van der Waals surface area contributed by atoms with Crippen molar-refractivity contribution in [1.82, 2.24) is 19.9 Å². The maximum absolute atomic E-state index is 13.1. The van der Waals surface area contributed by atoms with Crippen molar-refractivity contribution in [3.63, 3.8) is 0 Å². The number of ether oxygens (including phenoxy) is 1. The average molecular weight is 1110 g/mol. The number of methoxy groups -OCH3 is 1. The number of pyridine rings is 4. The summed E-state index contributed by atoms with van der Waals surface area (Å²) in [5, 5.41) is -1.44. The molecular weight excluding hydrogens is 1080 g/mol. The second-order valence-corrected chi connectivity index (χ2v) is 17.3. The second-order valence-electron chi connectivity index (χ2n) is 12.2. The largest absolute Gasteiger partial charge is 0.480 e. The first-order valence-corrected chi connectivity index (χ1v) is 23.1. The van der Waals surface area contributed by atoms with Crippen molar-refractivity contribution >= 4 is 105 Å². The molecule has 3 N–H and O–H groups in total. The zero-order chi connectivity index (χ0) is 48.7. The van der Waals surface area contributed by atoms with Gasteiger partial charge in [0.1, 0.15) is 11.4 Å². The smallest absolute Gasteiger partial charge is 0.417 e. The fourth-order valence-electron chi connectivity index (χ4n) is 5.16. The van der Waals surface area contributed by atoms with E-state index in [2.05, 4.69) is 40.6 Å². The third kappa shape index (κ3) is 13.4. The monoisotopic (exact) mass is 1110 g/mol. The Morgan fingerprint density at radius 3 is 1.50 bits per heavy atom. The normalized spacial score (nSPS) is 11.4. The number of hydrogen-bond donors (Lipinski definition) is 3. The first kappa shape index (κ1) is 55.0. The molecule has 0 aliphatic heterocycles. The Kier molecular flexibility index (Phi) is 18.7. The van der Waals surface area contributed by atoms with Gasteiger partial charge >= 0.3 is 12.4 Å². The molecule has 0 atom stereocenters. The molecule has 14 nitrogen and oxygen atoms in total. The van der Waals surface area contributed by atoms with Gasteiger partial charge in [0.05, 0.1) is 70.6 Å². The molecule has 4 heterocycles. The van der Waals surface area contributed by atoms with Crippen LogP contribution in [0.4, 0.5) is 37.7 Å². The van der Waals surface area contributed by atoms with Crippen LogP contribution in [0, 0.1) is 0 Å². The highest BCUT2D eigenvalue weighted by atomic mass is 79.9. The first-order valence-electron chi connectivity index (χ1n) is 17.1. The summed E-state index contributed by atoms with van der Waals surface area (Å²) in [5.41, 5.74) is -5.40. The quantitative estimate of drug-likeness (QED) is 0.0632. The van der Waals surface area contributed by atoms with Crippen LogP contribution in [0.15, 0.2) is 112 Å². The molecule has 4 aromatic heterocycles. The molecule has 27 heteroatoms. The van der Waals surface area contributed by atoms with E-state index in [1.165, 1.54) is 43.8 Å². The van der Waals surface area contributed by atoms with Gasteiger partial charge in [-0.3, -0.25) is 23.8 Å². The van der Waals surface area contributed by atoms with Crippen LogP contribution in [0.2, 0.25) is 20.1 Å². The summed E-state index contributed by atoms with van der Waals surface area (Å²) in [6.45, 7) is 0. The number of halogens is 11. The number of aromatic nitrogens is 4. The van der Waals surface area contributed by atoms with Crippen molar-refractivity contribution in [2.45, 2.75) is 29.6 Å². The minimum absolute atomic E-state index is 0. The van der Waals surface area contributed by atoms with Crippen molar-refractivity contribution in [2.24, 2.45) is 0 Å². The summed E-state index contributed by atoms with van der Waals surface area (Å²) < 4.78 is 139. The number of sulfonamides is 2. The molecule has 2 aromatic carbocycles. The third-order valence-electron chi connectivity index (χ3n) is 8.01. The van der Waals surface area contributed by atoms with E-state index < -0.39 is 91.9 Å². The van der Waals surface area contributed by atoms with Gasteiger partial charge in [-0.15, -0.1) is 0 Å². The number of carbonyl (C=O) groups is 2. The van der Waals surface area contributed by atoms with Crippen molar-refractivity contribution in [3.05, 3.63) is 162 Å². The van der Waals surface area contributed by atoms with E-state index in [1.807, 2.05) is 10.6 Å². The molecule has 352 valence electrons. The fourth-order valence-corrected chi connectivity index (χ4v) is 8.09. The van der Waals surface area contributed by atoms with Crippen molar-refractivity contribution in [3.8, 4) is 5.88 Å². The van der Waals surface area contributed by atoms with Crippen LogP contribution in [-0.4, -0.2) is 61.3 Å². The fraction of sp³-hybridized carbons (Fsp3) is 0.128. The number of ketones is 2. The molecule has 6 aromatic rings. The lowest BCUT2D eigenvalue weighted by molar-refractivity contribution is -0.138. The molecule has 6 rings (SSSR count). The van der Waals surface area contributed by atoms with E-state index >= 15 is 0 Å². The van der Waals surface area contributed by atoms with Gasteiger partial charge in [-0.05, 0) is 78.6 Å². The van der Waals surface area contributed by atoms with Crippen LogP contribution in [0.5, 0.6) is 5.88 Å². The minimum atomic E-state index is -4.89. The van der Waals surface area contributed by atoms with Crippen LogP contribution in [0.1, 0.15) is 50.7 Å². The number of aromatic amines is 1. The summed E-state index contributed by atoms with van der Waals surface area (Å²) in [6, 6.07) is 11.6. The Bertz CT molecular complexity index is 3060.